The molecular formula is C18H19N5O. The van der Waals surface area contributed by atoms with E-state index in [0.29, 0.717) is 29.9 Å². The Labute approximate surface area is 140 Å². The van der Waals surface area contributed by atoms with Gasteiger partial charge in [-0.15, -0.1) is 0 Å². The van der Waals surface area contributed by atoms with E-state index < -0.39 is 0 Å². The van der Waals surface area contributed by atoms with E-state index in [1.54, 1.807) is 6.07 Å². The second-order valence-electron chi connectivity index (χ2n) is 5.19. The van der Waals surface area contributed by atoms with E-state index in [-0.39, 0.29) is 0 Å². The van der Waals surface area contributed by atoms with Gasteiger partial charge in [-0.3, -0.25) is 5.10 Å². The summed E-state index contributed by atoms with van der Waals surface area (Å²) in [7, 11) is 0. The number of ether oxygens (including phenoxy) is 1. The van der Waals surface area contributed by atoms with Crippen LogP contribution in [0, 0.1) is 6.92 Å². The zero-order valence-corrected chi connectivity index (χ0v) is 13.7. The Morgan fingerprint density at radius 3 is 2.62 bits per heavy atom. The van der Waals surface area contributed by atoms with Gasteiger partial charge >= 0.3 is 0 Å². The molecule has 0 aliphatic heterocycles. The molecule has 3 aromatic rings. The molecule has 2 heterocycles. The third kappa shape index (κ3) is 4.19. The summed E-state index contributed by atoms with van der Waals surface area (Å²) in [6, 6.07) is 13.7. The summed E-state index contributed by atoms with van der Waals surface area (Å²) >= 11 is 0. The number of aryl methyl sites for hydroxylation is 1. The fourth-order valence-corrected chi connectivity index (χ4v) is 2.15. The summed E-state index contributed by atoms with van der Waals surface area (Å²) in [5, 5.41) is 10.2. The minimum atomic E-state index is 0.523. The minimum absolute atomic E-state index is 0.523. The summed E-state index contributed by atoms with van der Waals surface area (Å²) in [5.74, 6) is 2.42. The van der Waals surface area contributed by atoms with Gasteiger partial charge in [0.15, 0.2) is 11.6 Å². The second-order valence-corrected chi connectivity index (χ2v) is 5.19. The van der Waals surface area contributed by atoms with E-state index in [1.165, 1.54) is 0 Å². The Balaban J connectivity index is 1.86. The van der Waals surface area contributed by atoms with Crippen molar-refractivity contribution in [3.8, 4) is 5.88 Å². The standard InChI is InChI=1S/C18H19N5O/c1-3-24-18-12-16(20-17-11-13(2)22-23-17)19-15(21-18)10-9-14-7-5-4-6-8-14/h4-12H,3H2,1-2H3,(H2,19,20,21,22,23)/b10-9+. The molecule has 0 amide bonds. The topological polar surface area (TPSA) is 75.7 Å². The minimum Gasteiger partial charge on any atom is -0.478 e. The van der Waals surface area contributed by atoms with Gasteiger partial charge in [0, 0.05) is 17.8 Å². The zero-order chi connectivity index (χ0) is 16.8. The molecule has 122 valence electrons. The number of aromatic amines is 1. The number of nitrogens with zero attached hydrogens (tertiary/aromatic N) is 3. The Kier molecular flexibility index (Phi) is 4.86. The molecule has 6 heteroatoms. The molecule has 2 aromatic heterocycles. The lowest BCUT2D eigenvalue weighted by atomic mass is 10.2. The summed E-state index contributed by atoms with van der Waals surface area (Å²) < 4.78 is 5.53. The third-order valence-corrected chi connectivity index (χ3v) is 3.20. The van der Waals surface area contributed by atoms with Gasteiger partial charge in [0.1, 0.15) is 5.82 Å². The SMILES string of the molecule is CCOc1cc(Nc2cc(C)[nH]n2)nc(/C=C/c2ccccc2)n1. The van der Waals surface area contributed by atoms with Gasteiger partial charge in [-0.25, -0.2) is 4.98 Å². The molecule has 2 N–H and O–H groups in total. The molecule has 0 saturated heterocycles. The first-order valence-electron chi connectivity index (χ1n) is 7.77. The van der Waals surface area contributed by atoms with Crippen molar-refractivity contribution in [3.63, 3.8) is 0 Å². The Bertz CT molecular complexity index is 826. The number of nitrogens with one attached hydrogen (secondary N) is 2. The van der Waals surface area contributed by atoms with Gasteiger partial charge in [0.25, 0.3) is 0 Å². The molecule has 0 aliphatic carbocycles. The predicted octanol–water partition coefficient (Wildman–Crippen LogP) is 3.82. The maximum absolute atomic E-state index is 5.53. The number of rotatable bonds is 6. The number of H-pyrrole nitrogens is 1. The van der Waals surface area contributed by atoms with Crippen molar-refractivity contribution in [2.24, 2.45) is 0 Å². The average Bonchev–Trinajstić information content (AvgIpc) is 2.99. The predicted molar refractivity (Wildman–Crippen MR) is 95.2 cm³/mol. The van der Waals surface area contributed by atoms with Crippen molar-refractivity contribution in [1.29, 1.82) is 0 Å². The lowest BCUT2D eigenvalue weighted by Gasteiger charge is -2.07. The van der Waals surface area contributed by atoms with E-state index in [2.05, 4.69) is 25.5 Å². The molecule has 1 aromatic carbocycles. The molecule has 6 nitrogen and oxygen atoms in total. The molecule has 0 aliphatic rings. The third-order valence-electron chi connectivity index (χ3n) is 3.20. The highest BCUT2D eigenvalue weighted by Crippen LogP contribution is 2.19. The van der Waals surface area contributed by atoms with E-state index in [9.17, 15) is 0 Å². The molecule has 0 fully saturated rings. The van der Waals surface area contributed by atoms with Gasteiger partial charge in [-0.1, -0.05) is 36.4 Å². The van der Waals surface area contributed by atoms with Crippen LogP contribution < -0.4 is 10.1 Å². The normalized spacial score (nSPS) is 10.9. The van der Waals surface area contributed by atoms with E-state index in [0.717, 1.165) is 11.3 Å². The first kappa shape index (κ1) is 15.7. The Hall–Kier alpha value is -3.15. The van der Waals surface area contributed by atoms with Crippen molar-refractivity contribution in [2.45, 2.75) is 13.8 Å². The molecular weight excluding hydrogens is 302 g/mol. The van der Waals surface area contributed by atoms with Crippen molar-refractivity contribution in [2.75, 3.05) is 11.9 Å². The molecule has 0 atom stereocenters. The Morgan fingerprint density at radius 2 is 1.92 bits per heavy atom. The highest BCUT2D eigenvalue weighted by atomic mass is 16.5. The summed E-state index contributed by atoms with van der Waals surface area (Å²) in [4.78, 5) is 8.89. The monoisotopic (exact) mass is 321 g/mol. The zero-order valence-electron chi connectivity index (χ0n) is 13.7. The van der Waals surface area contributed by atoms with Gasteiger partial charge in [-0.05, 0) is 25.5 Å². The van der Waals surface area contributed by atoms with Crippen LogP contribution in [-0.4, -0.2) is 26.8 Å². The maximum atomic E-state index is 5.53. The number of hydrogen-bond donors (Lipinski definition) is 2. The molecule has 0 radical (unpaired) electrons. The van der Waals surface area contributed by atoms with Crippen LogP contribution in [0.4, 0.5) is 11.6 Å². The van der Waals surface area contributed by atoms with Gasteiger partial charge in [0.2, 0.25) is 5.88 Å². The average molecular weight is 321 g/mol. The number of anilines is 2. The van der Waals surface area contributed by atoms with Gasteiger partial charge in [0.05, 0.1) is 6.61 Å². The summed E-state index contributed by atoms with van der Waals surface area (Å²) in [6.07, 6.45) is 3.83. The number of aromatic nitrogens is 4. The lowest BCUT2D eigenvalue weighted by molar-refractivity contribution is 0.326. The summed E-state index contributed by atoms with van der Waals surface area (Å²) in [5.41, 5.74) is 2.06. The number of hydrogen-bond acceptors (Lipinski definition) is 5. The molecule has 3 rings (SSSR count). The fourth-order valence-electron chi connectivity index (χ4n) is 2.15. The van der Waals surface area contributed by atoms with Crippen molar-refractivity contribution in [1.82, 2.24) is 20.2 Å². The van der Waals surface area contributed by atoms with Gasteiger partial charge < -0.3 is 10.1 Å². The number of benzene rings is 1. The summed E-state index contributed by atoms with van der Waals surface area (Å²) in [6.45, 7) is 4.41. The van der Waals surface area contributed by atoms with Crippen LogP contribution in [0.1, 0.15) is 24.0 Å². The maximum Gasteiger partial charge on any atom is 0.219 e. The highest BCUT2D eigenvalue weighted by molar-refractivity contribution is 5.67. The van der Waals surface area contributed by atoms with Crippen LogP contribution in [0.3, 0.4) is 0 Å². The highest BCUT2D eigenvalue weighted by Gasteiger charge is 2.06. The first-order valence-corrected chi connectivity index (χ1v) is 7.77. The van der Waals surface area contributed by atoms with Crippen LogP contribution in [0.25, 0.3) is 12.2 Å². The van der Waals surface area contributed by atoms with Crippen LogP contribution in [0.15, 0.2) is 42.5 Å². The molecule has 0 bridgehead atoms. The van der Waals surface area contributed by atoms with Crippen molar-refractivity contribution in [3.05, 3.63) is 59.5 Å². The molecule has 24 heavy (non-hydrogen) atoms. The molecule has 0 unspecified atom stereocenters. The van der Waals surface area contributed by atoms with Crippen LogP contribution in [-0.2, 0) is 0 Å². The van der Waals surface area contributed by atoms with Gasteiger partial charge in [-0.2, -0.15) is 10.1 Å². The molecule has 0 saturated carbocycles. The van der Waals surface area contributed by atoms with E-state index in [1.807, 2.05) is 62.4 Å². The van der Waals surface area contributed by atoms with Crippen molar-refractivity contribution < 1.29 is 4.74 Å². The first-order chi connectivity index (χ1) is 11.7. The Morgan fingerprint density at radius 1 is 1.08 bits per heavy atom. The quantitative estimate of drug-likeness (QED) is 0.722. The smallest absolute Gasteiger partial charge is 0.219 e. The fraction of sp³-hybridized carbons (Fsp3) is 0.167. The van der Waals surface area contributed by atoms with E-state index in [4.69, 9.17) is 4.74 Å². The van der Waals surface area contributed by atoms with Crippen LogP contribution in [0.2, 0.25) is 0 Å². The second kappa shape index (κ2) is 7.41. The van der Waals surface area contributed by atoms with Crippen LogP contribution in [0.5, 0.6) is 5.88 Å². The van der Waals surface area contributed by atoms with E-state index >= 15 is 0 Å². The largest absolute Gasteiger partial charge is 0.478 e. The lowest BCUT2D eigenvalue weighted by Crippen LogP contribution is -2.01. The van der Waals surface area contributed by atoms with Crippen molar-refractivity contribution >= 4 is 23.8 Å². The van der Waals surface area contributed by atoms with Crippen LogP contribution >= 0.6 is 0 Å². The molecule has 0 spiro atoms.